The van der Waals surface area contributed by atoms with Crippen LogP contribution in [-0.2, 0) is 10.2 Å². The number of rotatable bonds is 3. The Hall–Kier alpha value is -2.41. The van der Waals surface area contributed by atoms with E-state index in [2.05, 4.69) is 26.8 Å². The van der Waals surface area contributed by atoms with Crippen LogP contribution < -0.4 is 0 Å². The number of pyridine rings is 1. The van der Waals surface area contributed by atoms with Crippen LogP contribution in [0.15, 0.2) is 16.5 Å². The molecule has 0 atom stereocenters. The van der Waals surface area contributed by atoms with Crippen LogP contribution in [0.25, 0.3) is 11.1 Å². The monoisotopic (exact) mass is 521 g/mol. The van der Waals surface area contributed by atoms with Crippen molar-refractivity contribution in [3.63, 3.8) is 0 Å². The molecule has 0 bridgehead atoms. The summed E-state index contributed by atoms with van der Waals surface area (Å²) in [6.07, 6.45) is 7.56. The van der Waals surface area contributed by atoms with Gasteiger partial charge in [-0.3, -0.25) is 9.59 Å². The van der Waals surface area contributed by atoms with Crippen molar-refractivity contribution in [3.8, 4) is 0 Å². The van der Waals surface area contributed by atoms with Gasteiger partial charge in [-0.15, -0.1) is 0 Å². The number of carbonyl (C=O) groups is 2. The fourth-order valence-corrected chi connectivity index (χ4v) is 7.48. The van der Waals surface area contributed by atoms with E-state index in [4.69, 9.17) is 9.40 Å². The first-order valence-electron chi connectivity index (χ1n) is 14.4. The zero-order valence-electron chi connectivity index (χ0n) is 23.9. The number of hydrogen-bond donors (Lipinski definition) is 1. The lowest BCUT2D eigenvalue weighted by Gasteiger charge is -2.54. The first kappa shape index (κ1) is 25.8. The van der Waals surface area contributed by atoms with E-state index in [1.54, 1.807) is 6.92 Å². The molecular formula is C31H43N3O4. The van der Waals surface area contributed by atoms with E-state index >= 15 is 0 Å². The van der Waals surface area contributed by atoms with E-state index in [0.29, 0.717) is 55.2 Å². The van der Waals surface area contributed by atoms with Gasteiger partial charge in [0.15, 0.2) is 11.3 Å². The Morgan fingerprint density at radius 3 is 2.29 bits per heavy atom. The van der Waals surface area contributed by atoms with Crippen molar-refractivity contribution >= 4 is 22.9 Å². The average molecular weight is 522 g/mol. The van der Waals surface area contributed by atoms with Crippen LogP contribution in [0.3, 0.4) is 0 Å². The Morgan fingerprint density at radius 1 is 1.05 bits per heavy atom. The molecule has 4 aliphatic rings. The van der Waals surface area contributed by atoms with Gasteiger partial charge in [0, 0.05) is 48.8 Å². The highest BCUT2D eigenvalue weighted by atomic mass is 16.3. The minimum absolute atomic E-state index is 0.0895. The summed E-state index contributed by atoms with van der Waals surface area (Å²) in [5, 5.41) is 10.1. The molecule has 7 heteroatoms. The molecule has 7 nitrogen and oxygen atoms in total. The van der Waals surface area contributed by atoms with Crippen molar-refractivity contribution in [1.82, 2.24) is 14.8 Å². The van der Waals surface area contributed by atoms with Crippen molar-refractivity contribution in [3.05, 3.63) is 29.2 Å². The Labute approximate surface area is 225 Å². The van der Waals surface area contributed by atoms with Crippen molar-refractivity contribution < 1.29 is 19.1 Å². The van der Waals surface area contributed by atoms with Crippen molar-refractivity contribution in [2.24, 2.45) is 11.3 Å². The molecule has 206 valence electrons. The molecule has 38 heavy (non-hydrogen) atoms. The van der Waals surface area contributed by atoms with Gasteiger partial charge in [-0.1, -0.05) is 27.2 Å². The van der Waals surface area contributed by atoms with Gasteiger partial charge in [0.05, 0.1) is 11.1 Å². The van der Waals surface area contributed by atoms with E-state index in [1.165, 1.54) is 32.1 Å². The zero-order chi connectivity index (χ0) is 27.3. The lowest BCUT2D eigenvalue weighted by molar-refractivity contribution is -0.153. The van der Waals surface area contributed by atoms with Gasteiger partial charge in [0.1, 0.15) is 5.52 Å². The summed E-state index contributed by atoms with van der Waals surface area (Å²) in [5.41, 5.74) is 2.91. The lowest BCUT2D eigenvalue weighted by Crippen LogP contribution is -2.63. The molecule has 2 aromatic heterocycles. The van der Waals surface area contributed by atoms with Crippen molar-refractivity contribution in [1.29, 1.82) is 0 Å². The molecule has 3 heterocycles. The number of piperazine rings is 1. The van der Waals surface area contributed by atoms with E-state index < -0.39 is 11.1 Å². The lowest BCUT2D eigenvalue weighted by atomic mass is 9.51. The minimum Gasteiger partial charge on any atom is -0.449 e. The molecule has 1 saturated heterocycles. The number of fused-ring (bicyclic) bond motifs is 1. The third kappa shape index (κ3) is 4.25. The van der Waals surface area contributed by atoms with Crippen LogP contribution in [0.1, 0.15) is 114 Å². The molecule has 0 radical (unpaired) electrons. The molecule has 4 fully saturated rings. The molecule has 0 unspecified atom stereocenters. The van der Waals surface area contributed by atoms with E-state index in [9.17, 15) is 14.7 Å². The number of aromatic nitrogens is 1. The second-order valence-corrected chi connectivity index (χ2v) is 14.8. The number of carbonyl (C=O) groups excluding carboxylic acids is 2. The first-order chi connectivity index (χ1) is 17.7. The van der Waals surface area contributed by atoms with Crippen LogP contribution in [0.4, 0.5) is 0 Å². The second-order valence-electron chi connectivity index (χ2n) is 14.8. The molecule has 3 saturated carbocycles. The first-order valence-corrected chi connectivity index (χ1v) is 14.4. The van der Waals surface area contributed by atoms with Gasteiger partial charge in [-0.05, 0) is 76.2 Å². The smallest absolute Gasteiger partial charge is 0.290 e. The predicted octanol–water partition coefficient (Wildman–Crippen LogP) is 5.40. The molecule has 1 N–H and O–H groups in total. The maximum Gasteiger partial charge on any atom is 0.290 e. The summed E-state index contributed by atoms with van der Waals surface area (Å²) >= 11 is 0. The second kappa shape index (κ2) is 8.30. The topological polar surface area (TPSA) is 86.9 Å². The highest BCUT2D eigenvalue weighted by Crippen LogP contribution is 2.61. The fourth-order valence-electron chi connectivity index (χ4n) is 7.48. The summed E-state index contributed by atoms with van der Waals surface area (Å²) in [6, 6.07) is 4.06. The van der Waals surface area contributed by atoms with Gasteiger partial charge in [-0.2, -0.15) is 0 Å². The number of aliphatic hydroxyl groups is 1. The number of hydrogen-bond acceptors (Lipinski definition) is 5. The summed E-state index contributed by atoms with van der Waals surface area (Å²) in [6.45, 7) is 13.8. The van der Waals surface area contributed by atoms with E-state index in [0.717, 1.165) is 16.8 Å². The van der Waals surface area contributed by atoms with Gasteiger partial charge >= 0.3 is 0 Å². The Morgan fingerprint density at radius 2 is 1.74 bits per heavy atom. The Balaban J connectivity index is 1.23. The van der Waals surface area contributed by atoms with Crippen LogP contribution in [0.5, 0.6) is 0 Å². The number of amides is 2. The van der Waals surface area contributed by atoms with Crippen LogP contribution in [0.2, 0.25) is 0 Å². The third-order valence-corrected chi connectivity index (χ3v) is 9.89. The normalized spacial score (nSPS) is 28.7. The molecule has 0 aromatic carbocycles. The van der Waals surface area contributed by atoms with Gasteiger partial charge < -0.3 is 19.3 Å². The summed E-state index contributed by atoms with van der Waals surface area (Å²) < 4.78 is 6.29. The van der Waals surface area contributed by atoms with E-state index in [1.807, 2.05) is 29.7 Å². The predicted molar refractivity (Wildman–Crippen MR) is 146 cm³/mol. The molecule has 3 aliphatic carbocycles. The highest BCUT2D eigenvalue weighted by Gasteiger charge is 2.49. The SMILES string of the molecule is CC1(O)CC(C(=O)N2CCN(C(=O)c3cc4nc(C5CC6(CCC6)C5)cc(C(C)(C)C)c4o3)C(C)(C)C2)C1. The standard InChI is InChI=1S/C31H43N3O4/c1-28(2,3)21-12-22(19-16-31(17-19)8-7-9-31)32-23-13-24(38-25(21)23)27(36)34-11-10-33(18-29(34,4)5)26(35)20-14-30(6,37)15-20/h12-13,19-20,37H,7-11,14-18H2,1-6H3. The third-order valence-electron chi connectivity index (χ3n) is 9.89. The Kier molecular flexibility index (Phi) is 5.64. The van der Waals surface area contributed by atoms with Gasteiger partial charge in [0.25, 0.3) is 5.91 Å². The van der Waals surface area contributed by atoms with Crippen LogP contribution in [0, 0.1) is 11.3 Å². The van der Waals surface area contributed by atoms with Gasteiger partial charge in [-0.25, -0.2) is 4.98 Å². The summed E-state index contributed by atoms with van der Waals surface area (Å²) in [4.78, 5) is 35.5. The molecule has 1 spiro atoms. The maximum absolute atomic E-state index is 13.8. The van der Waals surface area contributed by atoms with Crippen LogP contribution >= 0.6 is 0 Å². The van der Waals surface area contributed by atoms with Crippen molar-refractivity contribution in [2.75, 3.05) is 19.6 Å². The zero-order valence-corrected chi connectivity index (χ0v) is 23.9. The van der Waals surface area contributed by atoms with Crippen molar-refractivity contribution in [2.45, 2.75) is 109 Å². The summed E-state index contributed by atoms with van der Waals surface area (Å²) in [7, 11) is 0. The average Bonchev–Trinajstić information content (AvgIpc) is 3.16. The quantitative estimate of drug-likeness (QED) is 0.585. The highest BCUT2D eigenvalue weighted by molar-refractivity contribution is 5.96. The number of nitrogens with zero attached hydrogens (tertiary/aromatic N) is 3. The van der Waals surface area contributed by atoms with Gasteiger partial charge in [0.2, 0.25) is 5.91 Å². The molecule has 6 rings (SSSR count). The molecule has 2 amide bonds. The minimum atomic E-state index is -0.730. The molecule has 1 aliphatic heterocycles. The largest absolute Gasteiger partial charge is 0.449 e. The molecular weight excluding hydrogens is 478 g/mol. The number of furan rings is 1. The van der Waals surface area contributed by atoms with E-state index in [-0.39, 0.29) is 23.1 Å². The van der Waals surface area contributed by atoms with Crippen LogP contribution in [-0.4, -0.2) is 62.5 Å². The maximum atomic E-state index is 13.8. The molecule has 2 aromatic rings. The summed E-state index contributed by atoms with van der Waals surface area (Å²) in [5.74, 6) is 0.641. The fraction of sp³-hybridized carbons (Fsp3) is 0.710. The Bertz CT molecular complexity index is 1280.